The summed E-state index contributed by atoms with van der Waals surface area (Å²) in [7, 11) is 0. The summed E-state index contributed by atoms with van der Waals surface area (Å²) >= 11 is 0. The molecule has 2 aliphatic rings. The van der Waals surface area contributed by atoms with E-state index in [0.717, 1.165) is 12.1 Å². The van der Waals surface area contributed by atoms with Gasteiger partial charge >= 0.3 is 0 Å². The molecule has 0 amide bonds. The molecule has 2 heteroatoms. The van der Waals surface area contributed by atoms with Crippen LogP contribution in [0.25, 0.3) is 0 Å². The Morgan fingerprint density at radius 3 is 2.00 bits per heavy atom. The SMILES string of the molecule is C1CNC2CCCC2NC1. The van der Waals surface area contributed by atoms with E-state index in [1.807, 2.05) is 0 Å². The molecule has 0 bridgehead atoms. The van der Waals surface area contributed by atoms with Crippen LogP contribution in [0.1, 0.15) is 25.7 Å². The van der Waals surface area contributed by atoms with Crippen molar-refractivity contribution in [1.82, 2.24) is 10.6 Å². The van der Waals surface area contributed by atoms with E-state index in [9.17, 15) is 0 Å². The van der Waals surface area contributed by atoms with Gasteiger partial charge in [0, 0.05) is 12.1 Å². The summed E-state index contributed by atoms with van der Waals surface area (Å²) in [6, 6.07) is 1.59. The minimum atomic E-state index is 0.794. The summed E-state index contributed by atoms with van der Waals surface area (Å²) in [6.45, 7) is 2.43. The molecule has 0 aromatic carbocycles. The van der Waals surface area contributed by atoms with Crippen LogP contribution in [0.3, 0.4) is 0 Å². The molecule has 1 aliphatic carbocycles. The van der Waals surface area contributed by atoms with Gasteiger partial charge < -0.3 is 10.6 Å². The van der Waals surface area contributed by atoms with Crippen LogP contribution in [0.15, 0.2) is 0 Å². The van der Waals surface area contributed by atoms with Crippen LogP contribution in [-0.2, 0) is 0 Å². The predicted molar refractivity (Wildman–Crippen MR) is 42.0 cm³/mol. The minimum Gasteiger partial charge on any atom is -0.312 e. The molecule has 58 valence electrons. The third-order valence-corrected chi connectivity index (χ3v) is 2.68. The second-order valence-electron chi connectivity index (χ2n) is 3.41. The molecule has 10 heavy (non-hydrogen) atoms. The first-order chi connectivity index (χ1) is 4.97. The topological polar surface area (TPSA) is 24.1 Å². The van der Waals surface area contributed by atoms with Crippen molar-refractivity contribution in [2.75, 3.05) is 13.1 Å². The molecule has 0 spiro atoms. The monoisotopic (exact) mass is 140 g/mol. The lowest BCUT2D eigenvalue weighted by atomic mass is 10.2. The van der Waals surface area contributed by atoms with Gasteiger partial charge in [0.2, 0.25) is 0 Å². The van der Waals surface area contributed by atoms with E-state index in [1.165, 1.54) is 38.8 Å². The number of hydrogen-bond donors (Lipinski definition) is 2. The van der Waals surface area contributed by atoms with Gasteiger partial charge in [-0.25, -0.2) is 0 Å². The maximum absolute atomic E-state index is 3.58. The van der Waals surface area contributed by atoms with E-state index in [2.05, 4.69) is 10.6 Å². The summed E-state index contributed by atoms with van der Waals surface area (Å²) in [4.78, 5) is 0. The van der Waals surface area contributed by atoms with Gasteiger partial charge in [-0.1, -0.05) is 6.42 Å². The molecule has 2 rings (SSSR count). The van der Waals surface area contributed by atoms with E-state index < -0.39 is 0 Å². The van der Waals surface area contributed by atoms with Crippen molar-refractivity contribution >= 4 is 0 Å². The Balaban J connectivity index is 1.95. The fourth-order valence-corrected chi connectivity index (χ4v) is 2.11. The van der Waals surface area contributed by atoms with Crippen LogP contribution < -0.4 is 10.6 Å². The Morgan fingerprint density at radius 1 is 0.800 bits per heavy atom. The Bertz CT molecular complexity index is 102. The van der Waals surface area contributed by atoms with Crippen LogP contribution in [0.2, 0.25) is 0 Å². The number of hydrogen-bond acceptors (Lipinski definition) is 2. The van der Waals surface area contributed by atoms with Crippen LogP contribution >= 0.6 is 0 Å². The molecular formula is C8H16N2. The van der Waals surface area contributed by atoms with Crippen molar-refractivity contribution in [3.8, 4) is 0 Å². The molecule has 2 unspecified atom stereocenters. The molecule has 2 fully saturated rings. The van der Waals surface area contributed by atoms with Crippen molar-refractivity contribution in [3.63, 3.8) is 0 Å². The first-order valence-electron chi connectivity index (χ1n) is 4.43. The van der Waals surface area contributed by atoms with Crippen molar-refractivity contribution in [2.45, 2.75) is 37.8 Å². The largest absolute Gasteiger partial charge is 0.312 e. The fraction of sp³-hybridized carbons (Fsp3) is 1.00. The highest BCUT2D eigenvalue weighted by Gasteiger charge is 2.27. The highest BCUT2D eigenvalue weighted by atomic mass is 15.1. The van der Waals surface area contributed by atoms with Crippen LogP contribution in [0, 0.1) is 0 Å². The van der Waals surface area contributed by atoms with Gasteiger partial charge in [-0.15, -0.1) is 0 Å². The standard InChI is InChI=1S/C8H16N2/c1-3-7-8(4-1)10-6-2-5-9-7/h7-10H,1-6H2. The van der Waals surface area contributed by atoms with Crippen molar-refractivity contribution in [1.29, 1.82) is 0 Å². The molecule has 1 heterocycles. The van der Waals surface area contributed by atoms with E-state index >= 15 is 0 Å². The van der Waals surface area contributed by atoms with Crippen molar-refractivity contribution < 1.29 is 0 Å². The average Bonchev–Trinajstić information content (AvgIpc) is 2.28. The fourth-order valence-electron chi connectivity index (χ4n) is 2.11. The lowest BCUT2D eigenvalue weighted by Gasteiger charge is -2.17. The third kappa shape index (κ3) is 1.18. The van der Waals surface area contributed by atoms with Gasteiger partial charge in [0.15, 0.2) is 0 Å². The first kappa shape index (κ1) is 6.62. The number of rotatable bonds is 0. The van der Waals surface area contributed by atoms with E-state index in [1.54, 1.807) is 0 Å². The van der Waals surface area contributed by atoms with E-state index in [-0.39, 0.29) is 0 Å². The van der Waals surface area contributed by atoms with Gasteiger partial charge in [0.1, 0.15) is 0 Å². The summed E-state index contributed by atoms with van der Waals surface area (Å²) < 4.78 is 0. The normalized spacial score (nSPS) is 40.8. The second kappa shape index (κ2) is 2.89. The minimum absolute atomic E-state index is 0.794. The summed E-state index contributed by atoms with van der Waals surface area (Å²) in [5.74, 6) is 0. The highest BCUT2D eigenvalue weighted by Crippen LogP contribution is 2.19. The Hall–Kier alpha value is -0.0800. The molecule has 2 atom stereocenters. The van der Waals surface area contributed by atoms with Gasteiger partial charge in [-0.2, -0.15) is 0 Å². The zero-order valence-corrected chi connectivity index (χ0v) is 6.40. The van der Waals surface area contributed by atoms with Gasteiger partial charge in [0.25, 0.3) is 0 Å². The summed E-state index contributed by atoms with van der Waals surface area (Å²) in [6.07, 6.45) is 5.48. The summed E-state index contributed by atoms with van der Waals surface area (Å²) in [5.41, 5.74) is 0. The van der Waals surface area contributed by atoms with Crippen molar-refractivity contribution in [2.24, 2.45) is 0 Å². The van der Waals surface area contributed by atoms with Crippen LogP contribution in [0.5, 0.6) is 0 Å². The van der Waals surface area contributed by atoms with Gasteiger partial charge in [-0.05, 0) is 32.4 Å². The average molecular weight is 140 g/mol. The lowest BCUT2D eigenvalue weighted by molar-refractivity contribution is 0.460. The lowest BCUT2D eigenvalue weighted by Crippen LogP contribution is -2.40. The quantitative estimate of drug-likeness (QED) is 0.511. The molecular weight excluding hydrogens is 124 g/mol. The summed E-state index contributed by atoms with van der Waals surface area (Å²) in [5, 5.41) is 7.16. The predicted octanol–water partition coefficient (Wildman–Crippen LogP) is 0.490. The number of fused-ring (bicyclic) bond motifs is 1. The molecule has 2 N–H and O–H groups in total. The Morgan fingerprint density at radius 2 is 1.40 bits per heavy atom. The maximum Gasteiger partial charge on any atom is 0.0221 e. The van der Waals surface area contributed by atoms with E-state index in [4.69, 9.17) is 0 Å². The molecule has 1 saturated heterocycles. The van der Waals surface area contributed by atoms with E-state index in [0.29, 0.717) is 0 Å². The molecule has 0 radical (unpaired) electrons. The Labute approximate surface area is 62.4 Å². The second-order valence-corrected chi connectivity index (χ2v) is 3.41. The molecule has 2 nitrogen and oxygen atoms in total. The zero-order chi connectivity index (χ0) is 6.81. The van der Waals surface area contributed by atoms with Crippen LogP contribution in [-0.4, -0.2) is 25.2 Å². The maximum atomic E-state index is 3.58. The Kier molecular flexibility index (Phi) is 1.91. The number of nitrogens with one attached hydrogen (secondary N) is 2. The first-order valence-corrected chi connectivity index (χ1v) is 4.43. The molecule has 1 saturated carbocycles. The zero-order valence-electron chi connectivity index (χ0n) is 6.40. The highest BCUT2D eigenvalue weighted by molar-refractivity contribution is 4.90. The molecule has 1 aliphatic heterocycles. The van der Waals surface area contributed by atoms with Crippen LogP contribution in [0.4, 0.5) is 0 Å². The van der Waals surface area contributed by atoms with Gasteiger partial charge in [-0.3, -0.25) is 0 Å². The van der Waals surface area contributed by atoms with Gasteiger partial charge in [0.05, 0.1) is 0 Å². The molecule has 0 aromatic rings. The third-order valence-electron chi connectivity index (χ3n) is 2.68. The molecule has 0 aromatic heterocycles. The smallest absolute Gasteiger partial charge is 0.0221 e. The van der Waals surface area contributed by atoms with Crippen molar-refractivity contribution in [3.05, 3.63) is 0 Å².